The minimum atomic E-state index is 0.0119. The second-order valence-electron chi connectivity index (χ2n) is 11.5. The van der Waals surface area contributed by atoms with Gasteiger partial charge in [-0.05, 0) is 22.0 Å². The molecule has 6 nitrogen and oxygen atoms in total. The van der Waals surface area contributed by atoms with Crippen molar-refractivity contribution in [1.82, 2.24) is 21.3 Å². The second-order valence-corrected chi connectivity index (χ2v) is 11.5. The van der Waals surface area contributed by atoms with Gasteiger partial charge in [0.05, 0.1) is 0 Å². The highest BCUT2D eigenvalue weighted by molar-refractivity contribution is 5.46. The average molecular weight is 469 g/mol. The van der Waals surface area contributed by atoms with Crippen LogP contribution in [-0.2, 0) is 37.0 Å². The summed E-state index contributed by atoms with van der Waals surface area (Å²) >= 11 is 0. The predicted molar refractivity (Wildman–Crippen MR) is 140 cm³/mol. The van der Waals surface area contributed by atoms with Crippen molar-refractivity contribution in [2.75, 3.05) is 26.2 Å². The number of hydrogen-bond acceptors (Lipinski definition) is 6. The third kappa shape index (κ3) is 6.95. The summed E-state index contributed by atoms with van der Waals surface area (Å²) in [5, 5.41) is 35.6. The Kier molecular flexibility index (Phi) is 8.63. The van der Waals surface area contributed by atoms with Crippen molar-refractivity contribution in [1.29, 1.82) is 0 Å². The first kappa shape index (κ1) is 26.5. The van der Waals surface area contributed by atoms with Crippen molar-refractivity contribution in [3.05, 3.63) is 57.6 Å². The molecule has 0 fully saturated rings. The van der Waals surface area contributed by atoms with E-state index in [1.54, 1.807) is 0 Å². The van der Waals surface area contributed by atoms with Crippen LogP contribution in [0.15, 0.2) is 24.3 Å². The van der Waals surface area contributed by atoms with Crippen LogP contribution in [0.25, 0.3) is 0 Å². The minimum Gasteiger partial charge on any atom is -0.507 e. The smallest absolute Gasteiger partial charge is 0.124 e. The summed E-state index contributed by atoms with van der Waals surface area (Å²) in [5.41, 5.74) is 6.22. The van der Waals surface area contributed by atoms with Crippen molar-refractivity contribution in [2.24, 2.45) is 0 Å². The maximum absolute atomic E-state index is 10.9. The molecule has 4 bridgehead atoms. The van der Waals surface area contributed by atoms with Gasteiger partial charge < -0.3 is 31.5 Å². The van der Waals surface area contributed by atoms with Gasteiger partial charge in [0.1, 0.15) is 11.5 Å². The molecule has 0 atom stereocenters. The number of aromatic hydroxyl groups is 2. The third-order valence-electron chi connectivity index (χ3n) is 6.49. The van der Waals surface area contributed by atoms with Crippen LogP contribution in [0.2, 0.25) is 0 Å². The molecule has 1 aliphatic heterocycles. The van der Waals surface area contributed by atoms with E-state index in [1.807, 2.05) is 0 Å². The summed E-state index contributed by atoms with van der Waals surface area (Å²) in [5.74, 6) is 0.759. The third-order valence-corrected chi connectivity index (χ3v) is 6.49. The zero-order chi connectivity index (χ0) is 24.9. The Bertz CT molecular complexity index is 836. The number of benzene rings is 2. The molecule has 0 radical (unpaired) electrons. The van der Waals surface area contributed by atoms with Crippen LogP contribution in [0, 0.1) is 0 Å². The largest absolute Gasteiger partial charge is 0.507 e. The van der Waals surface area contributed by atoms with Crippen molar-refractivity contribution in [3.63, 3.8) is 0 Å². The fraction of sp³-hybridized carbons (Fsp3) is 0.571. The molecule has 2 aromatic carbocycles. The van der Waals surface area contributed by atoms with Crippen molar-refractivity contribution >= 4 is 0 Å². The van der Waals surface area contributed by atoms with E-state index >= 15 is 0 Å². The van der Waals surface area contributed by atoms with Gasteiger partial charge in [-0.2, -0.15) is 0 Å². The van der Waals surface area contributed by atoms with Gasteiger partial charge in [-0.1, -0.05) is 65.8 Å². The lowest BCUT2D eigenvalue weighted by Crippen LogP contribution is -2.29. The van der Waals surface area contributed by atoms with Crippen LogP contribution in [0.1, 0.15) is 74.9 Å². The zero-order valence-corrected chi connectivity index (χ0v) is 21.9. The summed E-state index contributed by atoms with van der Waals surface area (Å²) in [6, 6.07) is 8.49. The first-order valence-corrected chi connectivity index (χ1v) is 12.5. The van der Waals surface area contributed by atoms with Crippen LogP contribution in [-0.4, -0.2) is 36.4 Å². The van der Waals surface area contributed by atoms with E-state index in [-0.39, 0.29) is 10.8 Å². The summed E-state index contributed by atoms with van der Waals surface area (Å²) in [4.78, 5) is 0. The maximum Gasteiger partial charge on any atom is 0.124 e. The quantitative estimate of drug-likeness (QED) is 0.353. The number of phenolic OH excluding ortho intramolecular Hbond substituents is 2. The van der Waals surface area contributed by atoms with Gasteiger partial charge in [-0.25, -0.2) is 0 Å². The second kappa shape index (κ2) is 11.1. The highest BCUT2D eigenvalue weighted by Crippen LogP contribution is 2.32. The lowest BCUT2D eigenvalue weighted by molar-refractivity contribution is 0.446. The number of hydrogen-bond donors (Lipinski definition) is 6. The summed E-state index contributed by atoms with van der Waals surface area (Å²) in [6.45, 7) is 18.7. The van der Waals surface area contributed by atoms with Gasteiger partial charge in [0.15, 0.2) is 0 Å². The molecule has 0 saturated heterocycles. The summed E-state index contributed by atoms with van der Waals surface area (Å²) < 4.78 is 0. The fourth-order valence-corrected chi connectivity index (χ4v) is 4.17. The normalized spacial score (nSPS) is 17.1. The molecule has 0 saturated carbocycles. The van der Waals surface area contributed by atoms with Gasteiger partial charge in [0.2, 0.25) is 0 Å². The molecule has 0 spiro atoms. The highest BCUT2D eigenvalue weighted by Gasteiger charge is 2.20. The zero-order valence-electron chi connectivity index (χ0n) is 21.9. The molecule has 188 valence electrons. The molecule has 0 amide bonds. The molecule has 34 heavy (non-hydrogen) atoms. The van der Waals surface area contributed by atoms with Crippen molar-refractivity contribution < 1.29 is 10.2 Å². The Hall–Kier alpha value is -2.12. The van der Waals surface area contributed by atoms with Gasteiger partial charge in [-0.15, -0.1) is 0 Å². The van der Waals surface area contributed by atoms with E-state index in [2.05, 4.69) is 87.1 Å². The van der Waals surface area contributed by atoms with E-state index in [0.29, 0.717) is 37.7 Å². The van der Waals surface area contributed by atoms with Crippen LogP contribution >= 0.6 is 0 Å². The Morgan fingerprint density at radius 1 is 0.500 bits per heavy atom. The Labute approximate surface area is 205 Å². The number of fused-ring (bicyclic) bond motifs is 4. The Balaban J connectivity index is 1.80. The van der Waals surface area contributed by atoms with E-state index < -0.39 is 0 Å². The molecule has 6 N–H and O–H groups in total. The van der Waals surface area contributed by atoms with Gasteiger partial charge >= 0.3 is 0 Å². The maximum atomic E-state index is 10.9. The van der Waals surface area contributed by atoms with E-state index in [9.17, 15) is 10.2 Å². The topological polar surface area (TPSA) is 88.6 Å². The van der Waals surface area contributed by atoms with Gasteiger partial charge in [-0.3, -0.25) is 0 Å². The average Bonchev–Trinajstić information content (AvgIpc) is 2.74. The lowest BCUT2D eigenvalue weighted by Gasteiger charge is -2.23. The van der Waals surface area contributed by atoms with E-state index in [4.69, 9.17) is 0 Å². The Morgan fingerprint density at radius 3 is 0.941 bits per heavy atom. The predicted octanol–water partition coefficient (Wildman–Crippen LogP) is 3.77. The molecule has 6 heteroatoms. The minimum absolute atomic E-state index is 0.0119. The fourth-order valence-electron chi connectivity index (χ4n) is 4.17. The lowest BCUT2D eigenvalue weighted by atomic mass is 9.84. The Morgan fingerprint density at radius 2 is 0.735 bits per heavy atom. The number of phenols is 2. The number of rotatable bonds is 0. The molecule has 0 aromatic heterocycles. The van der Waals surface area contributed by atoms with Crippen molar-refractivity contribution in [2.45, 2.75) is 78.6 Å². The summed E-state index contributed by atoms with van der Waals surface area (Å²) in [7, 11) is 0. The number of nitrogens with one attached hydrogen (secondary N) is 4. The molecular formula is C28H44N4O2. The summed E-state index contributed by atoms with van der Waals surface area (Å²) in [6.07, 6.45) is 0. The van der Waals surface area contributed by atoms with Gasteiger partial charge in [0.25, 0.3) is 0 Å². The van der Waals surface area contributed by atoms with Crippen molar-refractivity contribution in [3.8, 4) is 11.5 Å². The van der Waals surface area contributed by atoms with Crippen LogP contribution in [0.4, 0.5) is 0 Å². The first-order chi connectivity index (χ1) is 16.0. The SMILES string of the molecule is CC(C)(C)c1cc2c(O)c(c1)CNCCNCc1cc(C(C)(C)C)cc(c1O)CNCCNC2. The molecule has 3 rings (SSSR count). The molecule has 0 aliphatic carbocycles. The van der Waals surface area contributed by atoms with Gasteiger partial charge in [0, 0.05) is 74.6 Å². The van der Waals surface area contributed by atoms with Crippen LogP contribution in [0.3, 0.4) is 0 Å². The monoisotopic (exact) mass is 468 g/mol. The molecule has 1 aliphatic rings. The molecule has 1 heterocycles. The molecule has 0 unspecified atom stereocenters. The van der Waals surface area contributed by atoms with Crippen LogP contribution in [0.5, 0.6) is 11.5 Å². The molecular weight excluding hydrogens is 424 g/mol. The highest BCUT2D eigenvalue weighted by atomic mass is 16.3. The van der Waals surface area contributed by atoms with E-state index in [1.165, 1.54) is 11.1 Å². The standard InChI is InChI=1S/C28H44N4O2/c1-27(2,3)23-11-19-15-29-7-9-31-17-21-13-24(28(4,5)6)14-22(26(21)34)18-32-10-8-30-16-20(12-23)25(19)33/h11-14,29-34H,7-10,15-18H2,1-6H3. The molecule has 2 aromatic rings. The van der Waals surface area contributed by atoms with Crippen LogP contribution < -0.4 is 21.3 Å². The first-order valence-electron chi connectivity index (χ1n) is 12.5. The van der Waals surface area contributed by atoms with E-state index in [0.717, 1.165) is 48.4 Å².